The molecule has 6 rings (SSSR count). The average molecular weight is 596 g/mol. The number of Topliss-reactive ketones (excluding diaryl/α,β-unsaturated/α-hetero) is 1. The fourth-order valence-electron chi connectivity index (χ4n) is 7.07. The van der Waals surface area contributed by atoms with E-state index in [1.165, 1.54) is 18.4 Å². The first kappa shape index (κ1) is 30.8. The van der Waals surface area contributed by atoms with Crippen molar-refractivity contribution >= 4 is 36.1 Å². The summed E-state index contributed by atoms with van der Waals surface area (Å²) in [5.41, 5.74) is 0.0883. The topological polar surface area (TPSA) is 100 Å². The van der Waals surface area contributed by atoms with Gasteiger partial charge in [-0.15, -0.1) is 11.3 Å². The van der Waals surface area contributed by atoms with E-state index in [0.717, 1.165) is 18.4 Å². The average Bonchev–Trinajstić information content (AvgIpc) is 3.58. The smallest absolute Gasteiger partial charge is 0.482 e. The van der Waals surface area contributed by atoms with Gasteiger partial charge in [0.25, 0.3) is 0 Å². The Bertz CT molecular complexity index is 1340. The van der Waals surface area contributed by atoms with Gasteiger partial charge in [0.2, 0.25) is 5.91 Å². The highest BCUT2D eigenvalue weighted by Gasteiger charge is 2.68. The molecule has 1 saturated heterocycles. The van der Waals surface area contributed by atoms with Crippen LogP contribution in [0, 0.1) is 17.3 Å². The summed E-state index contributed by atoms with van der Waals surface area (Å²) in [6.07, 6.45) is 2.44. The molecule has 1 amide bonds. The van der Waals surface area contributed by atoms with Crippen molar-refractivity contribution in [2.75, 3.05) is 7.11 Å². The van der Waals surface area contributed by atoms with Gasteiger partial charge >= 0.3 is 13.1 Å². The van der Waals surface area contributed by atoms with Gasteiger partial charge in [0, 0.05) is 12.8 Å². The zero-order valence-electron chi connectivity index (χ0n) is 25.7. The maximum atomic E-state index is 13.3. The lowest BCUT2D eigenvalue weighted by atomic mass is 9.43. The van der Waals surface area contributed by atoms with E-state index in [0.29, 0.717) is 34.4 Å². The standard InChI is InChI=1S/C32H42BNO7S/c1-30(2,3)39-29(37)21-11-8-10-19(28(21)38-7)16-26(34-27(36)14-13-22(35)23-12-9-15-42-23)33-40-25-18-20-17-24(31(20,4)5)32(25,6)41-33/h8-12,15,20,24-26H,13-14,16-18H2,1-7H3,(H,34,36). The second-order valence-electron chi connectivity index (χ2n) is 13.6. The van der Waals surface area contributed by atoms with Gasteiger partial charge in [0.1, 0.15) is 16.9 Å². The fraction of sp³-hybridized carbons (Fsp3) is 0.594. The van der Waals surface area contributed by atoms with Crippen molar-refractivity contribution in [1.82, 2.24) is 5.32 Å². The van der Waals surface area contributed by atoms with Crippen LogP contribution in [-0.4, -0.2) is 55.1 Å². The molecule has 4 fully saturated rings. The van der Waals surface area contributed by atoms with E-state index in [9.17, 15) is 14.4 Å². The van der Waals surface area contributed by atoms with Crippen molar-refractivity contribution in [2.45, 2.75) is 96.9 Å². The van der Waals surface area contributed by atoms with Crippen LogP contribution in [-0.2, 0) is 25.3 Å². The van der Waals surface area contributed by atoms with E-state index in [4.69, 9.17) is 18.8 Å². The Morgan fingerprint density at radius 2 is 1.88 bits per heavy atom. The number of methoxy groups -OCH3 is 1. The number of rotatable bonds is 10. The first-order valence-electron chi connectivity index (χ1n) is 14.8. The van der Waals surface area contributed by atoms with Crippen LogP contribution in [0.5, 0.6) is 5.75 Å². The van der Waals surface area contributed by atoms with Crippen LogP contribution in [0.25, 0.3) is 0 Å². The van der Waals surface area contributed by atoms with Gasteiger partial charge in [0.15, 0.2) is 5.78 Å². The van der Waals surface area contributed by atoms with Crippen LogP contribution in [0.3, 0.4) is 0 Å². The summed E-state index contributed by atoms with van der Waals surface area (Å²) < 4.78 is 24.7. The van der Waals surface area contributed by atoms with Gasteiger partial charge < -0.3 is 24.1 Å². The van der Waals surface area contributed by atoms with Crippen molar-refractivity contribution in [3.8, 4) is 5.75 Å². The second kappa shape index (κ2) is 11.4. The molecule has 2 aromatic rings. The molecule has 5 unspecified atom stereocenters. The molecule has 1 N–H and O–H groups in total. The zero-order valence-corrected chi connectivity index (χ0v) is 26.5. The summed E-state index contributed by atoms with van der Waals surface area (Å²) in [7, 11) is 0.825. The van der Waals surface area contributed by atoms with Crippen LogP contribution < -0.4 is 10.1 Å². The van der Waals surface area contributed by atoms with Crippen LogP contribution in [0.15, 0.2) is 35.7 Å². The number of hydrogen-bond acceptors (Lipinski definition) is 8. The Morgan fingerprint density at radius 3 is 2.52 bits per heavy atom. The predicted octanol–water partition coefficient (Wildman–Crippen LogP) is 5.67. The molecule has 10 heteroatoms. The number of hydrogen-bond donors (Lipinski definition) is 1. The maximum absolute atomic E-state index is 13.3. The monoisotopic (exact) mass is 595 g/mol. The predicted molar refractivity (Wildman–Crippen MR) is 162 cm³/mol. The van der Waals surface area contributed by atoms with E-state index in [1.807, 2.05) is 38.3 Å². The number of para-hydroxylation sites is 1. The van der Waals surface area contributed by atoms with Crippen molar-refractivity contribution in [1.29, 1.82) is 0 Å². The number of benzene rings is 1. The minimum absolute atomic E-state index is 0.0491. The first-order valence-corrected chi connectivity index (χ1v) is 15.7. The van der Waals surface area contributed by atoms with E-state index in [1.54, 1.807) is 18.2 Å². The molecule has 3 saturated carbocycles. The molecule has 0 radical (unpaired) electrons. The molecule has 3 aliphatic carbocycles. The number of amides is 1. The molecule has 2 bridgehead atoms. The van der Waals surface area contributed by atoms with Crippen LogP contribution in [0.1, 0.15) is 92.8 Å². The molecule has 1 aromatic heterocycles. The summed E-state index contributed by atoms with van der Waals surface area (Å²) in [4.78, 5) is 39.5. The summed E-state index contributed by atoms with van der Waals surface area (Å²) in [5, 5.41) is 4.96. The molecule has 0 spiro atoms. The minimum atomic E-state index is -0.693. The highest BCUT2D eigenvalue weighted by molar-refractivity contribution is 7.12. The van der Waals surface area contributed by atoms with E-state index >= 15 is 0 Å². The Labute approximate surface area is 253 Å². The lowest BCUT2D eigenvalue weighted by Crippen LogP contribution is -2.65. The number of carbonyl (C=O) groups is 3. The number of ketones is 1. The number of nitrogens with one attached hydrogen (secondary N) is 1. The third kappa shape index (κ3) is 5.90. The summed E-state index contributed by atoms with van der Waals surface area (Å²) >= 11 is 1.37. The lowest BCUT2D eigenvalue weighted by molar-refractivity contribution is -0.199. The highest BCUT2D eigenvalue weighted by Crippen LogP contribution is 2.65. The highest BCUT2D eigenvalue weighted by atomic mass is 32.1. The van der Waals surface area contributed by atoms with Crippen molar-refractivity contribution in [3.63, 3.8) is 0 Å². The molecule has 5 atom stereocenters. The summed E-state index contributed by atoms with van der Waals surface area (Å²) in [6, 6.07) is 8.92. The van der Waals surface area contributed by atoms with Crippen molar-refractivity contribution in [3.05, 3.63) is 51.7 Å². The van der Waals surface area contributed by atoms with Gasteiger partial charge in [-0.1, -0.05) is 32.0 Å². The molecular formula is C32H42BNO7S. The third-order valence-corrected chi connectivity index (χ3v) is 10.3. The Morgan fingerprint density at radius 1 is 1.12 bits per heavy atom. The van der Waals surface area contributed by atoms with Crippen LogP contribution in [0.4, 0.5) is 0 Å². The number of thiophene rings is 1. The van der Waals surface area contributed by atoms with Gasteiger partial charge in [-0.2, -0.15) is 0 Å². The van der Waals surface area contributed by atoms with E-state index in [-0.39, 0.29) is 36.1 Å². The largest absolute Gasteiger partial charge is 0.496 e. The molecule has 42 heavy (non-hydrogen) atoms. The minimum Gasteiger partial charge on any atom is -0.496 e. The molecule has 1 aromatic carbocycles. The number of ether oxygens (including phenoxy) is 2. The first-order chi connectivity index (χ1) is 19.7. The Hall–Kier alpha value is -2.69. The normalized spacial score (nSPS) is 26.5. The molecule has 1 aliphatic heterocycles. The maximum Gasteiger partial charge on any atom is 0.482 e. The Kier molecular flexibility index (Phi) is 8.37. The third-order valence-electron chi connectivity index (χ3n) is 9.38. The van der Waals surface area contributed by atoms with Crippen LogP contribution in [0.2, 0.25) is 0 Å². The van der Waals surface area contributed by atoms with E-state index in [2.05, 4.69) is 26.1 Å². The SMILES string of the molecule is COc1c(CC(NC(=O)CCC(=O)c2cccs2)B2OC3CC4CC(C4(C)C)C3(C)O2)cccc1C(=O)OC(C)(C)C. The molecule has 4 aliphatic rings. The van der Waals surface area contributed by atoms with Gasteiger partial charge in [-0.05, 0) is 87.3 Å². The summed E-state index contributed by atoms with van der Waals surface area (Å²) in [6.45, 7) is 12.2. The summed E-state index contributed by atoms with van der Waals surface area (Å²) in [5.74, 6) is -0.0266. The van der Waals surface area contributed by atoms with Crippen molar-refractivity contribution < 1.29 is 33.2 Å². The molecule has 2 heterocycles. The zero-order chi connectivity index (χ0) is 30.4. The molecular weight excluding hydrogens is 553 g/mol. The van der Waals surface area contributed by atoms with Gasteiger partial charge in [-0.3, -0.25) is 9.59 Å². The fourth-order valence-corrected chi connectivity index (χ4v) is 7.76. The quantitative estimate of drug-likeness (QED) is 0.215. The van der Waals surface area contributed by atoms with Gasteiger partial charge in [-0.25, -0.2) is 4.79 Å². The Balaban J connectivity index is 1.38. The molecule has 8 nitrogen and oxygen atoms in total. The molecule has 226 valence electrons. The number of carbonyl (C=O) groups excluding carboxylic acids is 3. The second-order valence-corrected chi connectivity index (χ2v) is 14.6. The van der Waals surface area contributed by atoms with Crippen LogP contribution >= 0.6 is 11.3 Å². The lowest BCUT2D eigenvalue weighted by Gasteiger charge is -2.64. The van der Waals surface area contributed by atoms with Crippen molar-refractivity contribution in [2.24, 2.45) is 17.3 Å². The van der Waals surface area contributed by atoms with E-state index < -0.39 is 30.2 Å². The van der Waals surface area contributed by atoms with Gasteiger partial charge in [0.05, 0.1) is 29.6 Å². The number of esters is 1.